The van der Waals surface area contributed by atoms with Crippen LogP contribution in [0.1, 0.15) is 5.56 Å². The maximum Gasteiger partial charge on any atom is 0.344 e. The summed E-state index contributed by atoms with van der Waals surface area (Å²) in [4.78, 5) is 22.4. The fourth-order valence-electron chi connectivity index (χ4n) is 2.39. The lowest BCUT2D eigenvalue weighted by atomic mass is 9.99. The van der Waals surface area contributed by atoms with Gasteiger partial charge in [-0.15, -0.1) is 0 Å². The number of fused-ring (bicyclic) bond motifs is 1. The van der Waals surface area contributed by atoms with Crippen molar-refractivity contribution in [3.05, 3.63) is 74.6 Å². The van der Waals surface area contributed by atoms with Crippen LogP contribution in [0, 0.1) is 17.0 Å². The molecule has 0 N–H and O–H groups in total. The van der Waals surface area contributed by atoms with Crippen LogP contribution in [0.2, 0.25) is 0 Å². The van der Waals surface area contributed by atoms with Gasteiger partial charge < -0.3 is 4.42 Å². The summed E-state index contributed by atoms with van der Waals surface area (Å²) < 4.78 is 5.32. The van der Waals surface area contributed by atoms with Gasteiger partial charge in [0.2, 0.25) is 0 Å². The molecular weight excluding hydrogens is 270 g/mol. The predicted molar refractivity (Wildman–Crippen MR) is 79.3 cm³/mol. The average molecular weight is 281 g/mol. The molecule has 2 aromatic carbocycles. The Labute approximate surface area is 119 Å². The van der Waals surface area contributed by atoms with Crippen molar-refractivity contribution in [2.75, 3.05) is 0 Å². The molecule has 0 aliphatic carbocycles. The second kappa shape index (κ2) is 4.86. The Kier molecular flexibility index (Phi) is 3.02. The molecule has 0 saturated carbocycles. The maximum absolute atomic E-state index is 12.2. The molecule has 21 heavy (non-hydrogen) atoms. The van der Waals surface area contributed by atoms with E-state index in [-0.39, 0.29) is 5.69 Å². The van der Waals surface area contributed by atoms with Gasteiger partial charge in [0.15, 0.2) is 0 Å². The van der Waals surface area contributed by atoms with E-state index in [0.29, 0.717) is 16.7 Å². The molecular formula is C16H11NO4. The van der Waals surface area contributed by atoms with Crippen LogP contribution in [0.5, 0.6) is 0 Å². The van der Waals surface area contributed by atoms with Crippen LogP contribution < -0.4 is 5.63 Å². The standard InChI is InChI=1S/C16H11NO4/c1-10-13-4-2-3-5-14(13)21-16(18)15(10)11-6-8-12(9-7-11)17(19)20/h2-9H,1H3. The first-order valence-corrected chi connectivity index (χ1v) is 6.35. The fraction of sp³-hybridized carbons (Fsp3) is 0.0625. The monoisotopic (exact) mass is 281 g/mol. The molecule has 104 valence electrons. The lowest BCUT2D eigenvalue weighted by molar-refractivity contribution is -0.384. The Balaban J connectivity index is 2.24. The number of aryl methyl sites for hydroxylation is 1. The number of nitrogens with zero attached hydrogens (tertiary/aromatic N) is 1. The van der Waals surface area contributed by atoms with Crippen molar-refractivity contribution >= 4 is 16.7 Å². The lowest BCUT2D eigenvalue weighted by Crippen LogP contribution is -2.05. The zero-order chi connectivity index (χ0) is 15.0. The van der Waals surface area contributed by atoms with Crippen LogP contribution in [0.3, 0.4) is 0 Å². The first-order valence-electron chi connectivity index (χ1n) is 6.35. The second-order valence-corrected chi connectivity index (χ2v) is 4.69. The van der Waals surface area contributed by atoms with Crippen LogP contribution >= 0.6 is 0 Å². The first-order chi connectivity index (χ1) is 10.1. The summed E-state index contributed by atoms with van der Waals surface area (Å²) in [5.74, 6) is 0. The predicted octanol–water partition coefficient (Wildman–Crippen LogP) is 3.68. The van der Waals surface area contributed by atoms with Crippen LogP contribution in [0.4, 0.5) is 5.69 Å². The number of non-ortho nitro benzene ring substituents is 1. The number of benzene rings is 2. The normalized spacial score (nSPS) is 10.7. The van der Waals surface area contributed by atoms with Gasteiger partial charge in [0.25, 0.3) is 5.69 Å². The van der Waals surface area contributed by atoms with E-state index >= 15 is 0 Å². The number of nitro benzene ring substituents is 1. The first kappa shape index (κ1) is 13.1. The SMILES string of the molecule is Cc1c(-c2ccc([N+](=O)[O-])cc2)c(=O)oc2ccccc12. The van der Waals surface area contributed by atoms with E-state index in [9.17, 15) is 14.9 Å². The highest BCUT2D eigenvalue weighted by Gasteiger charge is 2.14. The summed E-state index contributed by atoms with van der Waals surface area (Å²) in [6.45, 7) is 1.84. The molecule has 1 aromatic heterocycles. The zero-order valence-corrected chi connectivity index (χ0v) is 11.2. The van der Waals surface area contributed by atoms with E-state index in [2.05, 4.69) is 0 Å². The molecule has 0 fully saturated rings. The summed E-state index contributed by atoms with van der Waals surface area (Å²) in [7, 11) is 0. The highest BCUT2D eigenvalue weighted by atomic mass is 16.6. The minimum absolute atomic E-state index is 0.0124. The van der Waals surface area contributed by atoms with Crippen molar-refractivity contribution < 1.29 is 9.34 Å². The second-order valence-electron chi connectivity index (χ2n) is 4.69. The molecule has 1 heterocycles. The highest BCUT2D eigenvalue weighted by Crippen LogP contribution is 2.27. The van der Waals surface area contributed by atoms with Gasteiger partial charge in [-0.05, 0) is 36.2 Å². The van der Waals surface area contributed by atoms with Gasteiger partial charge in [0.05, 0.1) is 10.5 Å². The van der Waals surface area contributed by atoms with E-state index in [4.69, 9.17) is 4.42 Å². The lowest BCUT2D eigenvalue weighted by Gasteiger charge is -2.07. The number of nitro groups is 1. The molecule has 3 rings (SSSR count). The van der Waals surface area contributed by atoms with Crippen molar-refractivity contribution in [3.63, 3.8) is 0 Å². The fourth-order valence-corrected chi connectivity index (χ4v) is 2.39. The quantitative estimate of drug-likeness (QED) is 0.408. The Morgan fingerprint density at radius 2 is 1.71 bits per heavy atom. The Bertz CT molecular complexity index is 894. The average Bonchev–Trinajstić information content (AvgIpc) is 2.48. The van der Waals surface area contributed by atoms with E-state index in [1.54, 1.807) is 24.3 Å². The van der Waals surface area contributed by atoms with E-state index < -0.39 is 10.5 Å². The Morgan fingerprint density at radius 3 is 2.38 bits per heavy atom. The molecule has 0 amide bonds. The summed E-state index contributed by atoms with van der Waals surface area (Å²) in [6, 6.07) is 13.2. The minimum atomic E-state index is -0.473. The van der Waals surface area contributed by atoms with Gasteiger partial charge in [0, 0.05) is 17.5 Å². The molecule has 5 nitrogen and oxygen atoms in total. The van der Waals surface area contributed by atoms with Gasteiger partial charge in [0.1, 0.15) is 5.58 Å². The summed E-state index contributed by atoms with van der Waals surface area (Å²) in [6.07, 6.45) is 0. The summed E-state index contributed by atoms with van der Waals surface area (Å²) in [5, 5.41) is 11.5. The third kappa shape index (κ3) is 2.18. The van der Waals surface area contributed by atoms with Gasteiger partial charge in [-0.25, -0.2) is 4.79 Å². The van der Waals surface area contributed by atoms with Gasteiger partial charge in [-0.3, -0.25) is 10.1 Å². The van der Waals surface area contributed by atoms with Crippen molar-refractivity contribution in [1.29, 1.82) is 0 Å². The van der Waals surface area contributed by atoms with Crippen LogP contribution in [0.25, 0.3) is 22.1 Å². The summed E-state index contributed by atoms with van der Waals surface area (Å²) >= 11 is 0. The molecule has 0 aliphatic rings. The molecule has 5 heteroatoms. The zero-order valence-electron chi connectivity index (χ0n) is 11.2. The number of para-hydroxylation sites is 1. The maximum atomic E-state index is 12.2. The third-order valence-electron chi connectivity index (χ3n) is 3.44. The molecule has 0 radical (unpaired) electrons. The van der Waals surface area contributed by atoms with Gasteiger partial charge >= 0.3 is 5.63 Å². The van der Waals surface area contributed by atoms with Crippen LogP contribution in [-0.4, -0.2) is 4.92 Å². The number of rotatable bonds is 2. The van der Waals surface area contributed by atoms with Crippen molar-refractivity contribution in [1.82, 2.24) is 0 Å². The smallest absolute Gasteiger partial charge is 0.344 e. The molecule has 0 spiro atoms. The van der Waals surface area contributed by atoms with E-state index in [0.717, 1.165) is 10.9 Å². The molecule has 0 saturated heterocycles. The van der Waals surface area contributed by atoms with Crippen molar-refractivity contribution in [2.45, 2.75) is 6.92 Å². The van der Waals surface area contributed by atoms with Crippen LogP contribution in [-0.2, 0) is 0 Å². The van der Waals surface area contributed by atoms with Crippen molar-refractivity contribution in [2.24, 2.45) is 0 Å². The van der Waals surface area contributed by atoms with E-state index in [1.807, 2.05) is 19.1 Å². The largest absolute Gasteiger partial charge is 0.422 e. The number of hydrogen-bond acceptors (Lipinski definition) is 4. The molecule has 0 atom stereocenters. The third-order valence-corrected chi connectivity index (χ3v) is 3.44. The molecule has 3 aromatic rings. The highest BCUT2D eigenvalue weighted by molar-refractivity contribution is 5.86. The topological polar surface area (TPSA) is 73.3 Å². The van der Waals surface area contributed by atoms with Gasteiger partial charge in [-0.2, -0.15) is 0 Å². The number of hydrogen-bond donors (Lipinski definition) is 0. The Morgan fingerprint density at radius 1 is 1.05 bits per heavy atom. The molecule has 0 unspecified atom stereocenters. The molecule has 0 aliphatic heterocycles. The van der Waals surface area contributed by atoms with Gasteiger partial charge in [-0.1, -0.05) is 18.2 Å². The Hall–Kier alpha value is -2.95. The minimum Gasteiger partial charge on any atom is -0.422 e. The summed E-state index contributed by atoms with van der Waals surface area (Å²) in [5.41, 5.74) is 1.92. The van der Waals surface area contributed by atoms with Crippen molar-refractivity contribution in [3.8, 4) is 11.1 Å². The van der Waals surface area contributed by atoms with E-state index in [1.165, 1.54) is 12.1 Å². The molecule has 0 bridgehead atoms. The van der Waals surface area contributed by atoms with Crippen LogP contribution in [0.15, 0.2) is 57.7 Å².